The molecule has 0 saturated carbocycles. The van der Waals surface area contributed by atoms with Crippen molar-refractivity contribution < 1.29 is 13.2 Å². The number of nitrogens with zero attached hydrogens (tertiary/aromatic N) is 1. The minimum Gasteiger partial charge on any atom is -0.331 e. The van der Waals surface area contributed by atoms with E-state index in [-0.39, 0.29) is 12.1 Å². The number of amides is 2. The maximum absolute atomic E-state index is 12.2. The molecule has 1 N–H and O–H groups in total. The summed E-state index contributed by atoms with van der Waals surface area (Å²) in [5, 5.41) is 2.98. The van der Waals surface area contributed by atoms with Gasteiger partial charge < -0.3 is 10.2 Å². The highest BCUT2D eigenvalue weighted by molar-refractivity contribution is 7.90. The Bertz CT molecular complexity index is 617. The summed E-state index contributed by atoms with van der Waals surface area (Å²) in [5.74, 6) is 0.685. The first-order chi connectivity index (χ1) is 10.3. The summed E-state index contributed by atoms with van der Waals surface area (Å²) in [4.78, 5) is 14.4. The summed E-state index contributed by atoms with van der Waals surface area (Å²) in [7, 11) is -3.19. The second-order valence-electron chi connectivity index (χ2n) is 6.18. The Kier molecular flexibility index (Phi) is 5.11. The van der Waals surface area contributed by atoms with E-state index in [1.165, 1.54) is 6.26 Å². The van der Waals surface area contributed by atoms with Crippen LogP contribution in [0.2, 0.25) is 0 Å². The van der Waals surface area contributed by atoms with Crippen LogP contribution in [0.15, 0.2) is 29.2 Å². The molecule has 0 radical (unpaired) electrons. The molecule has 22 heavy (non-hydrogen) atoms. The van der Waals surface area contributed by atoms with Crippen LogP contribution in [0.25, 0.3) is 0 Å². The predicted molar refractivity (Wildman–Crippen MR) is 86.5 cm³/mol. The molecule has 0 bridgehead atoms. The number of nitrogens with one attached hydrogen (secondary N) is 1. The third-order valence-electron chi connectivity index (χ3n) is 4.22. The minimum atomic E-state index is -3.19. The molecule has 0 aromatic heterocycles. The van der Waals surface area contributed by atoms with Crippen LogP contribution in [0.3, 0.4) is 0 Å². The summed E-state index contributed by atoms with van der Waals surface area (Å²) in [6.07, 6.45) is 3.28. The van der Waals surface area contributed by atoms with Gasteiger partial charge in [0.2, 0.25) is 0 Å². The molecule has 1 heterocycles. The third-order valence-corrected chi connectivity index (χ3v) is 5.35. The zero-order valence-electron chi connectivity index (χ0n) is 13.4. The van der Waals surface area contributed by atoms with Crippen LogP contribution in [0.4, 0.5) is 4.79 Å². The zero-order valence-corrected chi connectivity index (χ0v) is 14.2. The third kappa shape index (κ3) is 4.22. The van der Waals surface area contributed by atoms with Gasteiger partial charge in [-0.1, -0.05) is 19.1 Å². The number of carbonyl (C=O) groups excluding carboxylic acids is 1. The zero-order chi connectivity index (χ0) is 16.3. The summed E-state index contributed by atoms with van der Waals surface area (Å²) >= 11 is 0. The van der Waals surface area contributed by atoms with Gasteiger partial charge >= 0.3 is 6.03 Å². The van der Waals surface area contributed by atoms with E-state index in [9.17, 15) is 13.2 Å². The first kappa shape index (κ1) is 16.8. The van der Waals surface area contributed by atoms with Crippen LogP contribution in [0, 0.1) is 5.92 Å². The summed E-state index contributed by atoms with van der Waals surface area (Å²) in [5.41, 5.74) is 0.895. The van der Waals surface area contributed by atoms with Crippen molar-refractivity contribution in [3.63, 3.8) is 0 Å². The Labute approximate surface area is 132 Å². The predicted octanol–water partition coefficient (Wildman–Crippen LogP) is 2.59. The molecule has 122 valence electrons. The first-order valence-electron chi connectivity index (χ1n) is 7.63. The van der Waals surface area contributed by atoms with Crippen molar-refractivity contribution in [2.24, 2.45) is 5.92 Å². The Balaban J connectivity index is 1.97. The number of rotatable bonds is 3. The van der Waals surface area contributed by atoms with Gasteiger partial charge in [-0.15, -0.1) is 0 Å². The molecule has 1 unspecified atom stereocenters. The maximum atomic E-state index is 12.2. The largest absolute Gasteiger partial charge is 0.331 e. The van der Waals surface area contributed by atoms with Crippen molar-refractivity contribution in [1.29, 1.82) is 0 Å². The lowest BCUT2D eigenvalue weighted by Gasteiger charge is -2.31. The molecule has 1 aromatic rings. The lowest BCUT2D eigenvalue weighted by Crippen LogP contribution is -2.44. The fourth-order valence-electron chi connectivity index (χ4n) is 2.58. The number of likely N-dealkylation sites (tertiary alicyclic amines) is 1. The van der Waals surface area contributed by atoms with E-state index in [4.69, 9.17) is 0 Å². The van der Waals surface area contributed by atoms with Crippen molar-refractivity contribution in [2.75, 3.05) is 19.3 Å². The van der Waals surface area contributed by atoms with Gasteiger partial charge in [-0.25, -0.2) is 13.2 Å². The van der Waals surface area contributed by atoms with E-state index in [1.807, 2.05) is 11.8 Å². The monoisotopic (exact) mass is 324 g/mol. The van der Waals surface area contributed by atoms with Crippen LogP contribution in [0.1, 0.15) is 38.3 Å². The topological polar surface area (TPSA) is 66.5 Å². The number of benzene rings is 1. The highest BCUT2D eigenvalue weighted by Crippen LogP contribution is 2.19. The molecular weight excluding hydrogens is 300 g/mol. The number of hydrogen-bond donors (Lipinski definition) is 1. The molecule has 1 aliphatic rings. The standard InChI is InChI=1S/C16H24N2O3S/c1-12-8-10-18(11-9-12)16(19)17-13(2)14-4-6-15(7-5-14)22(3,20)21/h4-7,12-13H,8-11H2,1-3H3,(H,17,19). The molecule has 1 saturated heterocycles. The van der Waals surface area contributed by atoms with Crippen LogP contribution in [-0.2, 0) is 9.84 Å². The smallest absolute Gasteiger partial charge is 0.317 e. The number of urea groups is 1. The number of sulfone groups is 1. The molecule has 6 heteroatoms. The average molecular weight is 324 g/mol. The Morgan fingerprint density at radius 1 is 1.23 bits per heavy atom. The van der Waals surface area contributed by atoms with E-state index >= 15 is 0 Å². The fourth-order valence-corrected chi connectivity index (χ4v) is 3.21. The van der Waals surface area contributed by atoms with Crippen LogP contribution in [-0.4, -0.2) is 38.7 Å². The molecule has 1 fully saturated rings. The van der Waals surface area contributed by atoms with E-state index in [0.29, 0.717) is 10.8 Å². The highest BCUT2D eigenvalue weighted by atomic mass is 32.2. The molecule has 0 aliphatic carbocycles. The lowest BCUT2D eigenvalue weighted by atomic mass is 9.99. The van der Waals surface area contributed by atoms with Crippen molar-refractivity contribution in [1.82, 2.24) is 10.2 Å². The molecule has 0 spiro atoms. The molecule has 2 amide bonds. The summed E-state index contributed by atoms with van der Waals surface area (Å²) in [6.45, 7) is 5.71. The summed E-state index contributed by atoms with van der Waals surface area (Å²) in [6, 6.07) is 6.46. The van der Waals surface area contributed by atoms with E-state index in [1.54, 1.807) is 24.3 Å². The second kappa shape index (κ2) is 6.69. The van der Waals surface area contributed by atoms with Gasteiger partial charge in [0, 0.05) is 19.3 Å². The maximum Gasteiger partial charge on any atom is 0.317 e. The van der Waals surface area contributed by atoms with Crippen molar-refractivity contribution in [3.05, 3.63) is 29.8 Å². The number of hydrogen-bond acceptors (Lipinski definition) is 3. The van der Waals surface area contributed by atoms with E-state index in [2.05, 4.69) is 12.2 Å². The first-order valence-corrected chi connectivity index (χ1v) is 9.52. The molecule has 1 atom stereocenters. The van der Waals surface area contributed by atoms with Crippen LogP contribution in [0.5, 0.6) is 0 Å². The van der Waals surface area contributed by atoms with Gasteiger partial charge in [0.05, 0.1) is 10.9 Å². The Morgan fingerprint density at radius 2 is 1.77 bits per heavy atom. The van der Waals surface area contributed by atoms with Crippen molar-refractivity contribution in [2.45, 2.75) is 37.6 Å². The fraction of sp³-hybridized carbons (Fsp3) is 0.562. The Hall–Kier alpha value is -1.56. The van der Waals surface area contributed by atoms with E-state index < -0.39 is 9.84 Å². The van der Waals surface area contributed by atoms with Gasteiger partial charge in [-0.05, 0) is 43.4 Å². The molecule has 2 rings (SSSR count). The van der Waals surface area contributed by atoms with Crippen LogP contribution < -0.4 is 5.32 Å². The number of piperidine rings is 1. The molecular formula is C16H24N2O3S. The van der Waals surface area contributed by atoms with Gasteiger partial charge in [0.25, 0.3) is 0 Å². The van der Waals surface area contributed by atoms with Crippen molar-refractivity contribution in [3.8, 4) is 0 Å². The molecule has 5 nitrogen and oxygen atoms in total. The average Bonchev–Trinajstić information content (AvgIpc) is 2.47. The number of carbonyl (C=O) groups is 1. The van der Waals surface area contributed by atoms with Crippen LogP contribution >= 0.6 is 0 Å². The van der Waals surface area contributed by atoms with Gasteiger partial charge in [-0.3, -0.25) is 0 Å². The Morgan fingerprint density at radius 3 is 2.27 bits per heavy atom. The van der Waals surface area contributed by atoms with Gasteiger partial charge in [-0.2, -0.15) is 0 Å². The van der Waals surface area contributed by atoms with E-state index in [0.717, 1.165) is 31.5 Å². The van der Waals surface area contributed by atoms with Gasteiger partial charge in [0.1, 0.15) is 0 Å². The SMILES string of the molecule is CC1CCN(C(=O)NC(C)c2ccc(S(C)(=O)=O)cc2)CC1. The summed E-state index contributed by atoms with van der Waals surface area (Å²) < 4.78 is 22.9. The van der Waals surface area contributed by atoms with Gasteiger partial charge in [0.15, 0.2) is 9.84 Å². The normalized spacial score (nSPS) is 18.0. The van der Waals surface area contributed by atoms with Crippen molar-refractivity contribution >= 4 is 15.9 Å². The highest BCUT2D eigenvalue weighted by Gasteiger charge is 2.21. The molecule has 1 aromatic carbocycles. The molecule has 1 aliphatic heterocycles. The lowest BCUT2D eigenvalue weighted by molar-refractivity contribution is 0.171. The second-order valence-corrected chi connectivity index (χ2v) is 8.20. The quantitative estimate of drug-likeness (QED) is 0.929. The minimum absolute atomic E-state index is 0.0495.